The standard InChI is InChI=1S/C15H15FN2O2/c16-12-2-3-13(18-9-12)10-17-8-11-1-4-14-15(7-11)20-6-5-19-14/h1-4,7,9,17H,5-6,8,10H2. The molecule has 1 aromatic heterocycles. The largest absolute Gasteiger partial charge is 0.486 e. The van der Waals surface area contributed by atoms with Crippen LogP contribution in [0.2, 0.25) is 0 Å². The zero-order valence-corrected chi connectivity index (χ0v) is 10.9. The fourth-order valence-electron chi connectivity index (χ4n) is 2.04. The first-order chi connectivity index (χ1) is 9.81. The molecule has 0 saturated heterocycles. The average molecular weight is 274 g/mol. The summed E-state index contributed by atoms with van der Waals surface area (Å²) in [6, 6.07) is 8.97. The van der Waals surface area contributed by atoms with Crippen molar-refractivity contribution in [3.8, 4) is 11.5 Å². The van der Waals surface area contributed by atoms with Gasteiger partial charge in [0.15, 0.2) is 11.5 Å². The predicted molar refractivity (Wildman–Crippen MR) is 72.2 cm³/mol. The lowest BCUT2D eigenvalue weighted by Crippen LogP contribution is -2.17. The zero-order chi connectivity index (χ0) is 13.8. The molecule has 5 heteroatoms. The third kappa shape index (κ3) is 3.05. The van der Waals surface area contributed by atoms with Gasteiger partial charge in [-0.2, -0.15) is 0 Å². The van der Waals surface area contributed by atoms with Crippen molar-refractivity contribution in [1.29, 1.82) is 0 Å². The van der Waals surface area contributed by atoms with E-state index in [0.29, 0.717) is 26.3 Å². The van der Waals surface area contributed by atoms with Gasteiger partial charge in [-0.1, -0.05) is 6.07 Å². The molecule has 2 heterocycles. The van der Waals surface area contributed by atoms with Crippen molar-refractivity contribution in [2.75, 3.05) is 13.2 Å². The molecule has 0 bridgehead atoms. The molecule has 1 aliphatic heterocycles. The summed E-state index contributed by atoms with van der Waals surface area (Å²) in [6.45, 7) is 2.47. The van der Waals surface area contributed by atoms with E-state index in [-0.39, 0.29) is 5.82 Å². The highest BCUT2D eigenvalue weighted by molar-refractivity contribution is 5.43. The molecular weight excluding hydrogens is 259 g/mol. The van der Waals surface area contributed by atoms with Crippen LogP contribution < -0.4 is 14.8 Å². The fourth-order valence-corrected chi connectivity index (χ4v) is 2.04. The number of ether oxygens (including phenoxy) is 2. The summed E-state index contributed by atoms with van der Waals surface area (Å²) in [7, 11) is 0. The third-order valence-corrected chi connectivity index (χ3v) is 3.03. The van der Waals surface area contributed by atoms with Gasteiger partial charge in [-0.05, 0) is 29.8 Å². The Morgan fingerprint density at radius 2 is 1.90 bits per heavy atom. The summed E-state index contributed by atoms with van der Waals surface area (Å²) in [5.41, 5.74) is 1.92. The van der Waals surface area contributed by atoms with Crippen LogP contribution in [0, 0.1) is 5.82 Å². The van der Waals surface area contributed by atoms with Gasteiger partial charge in [0.05, 0.1) is 11.9 Å². The van der Waals surface area contributed by atoms with Crippen LogP contribution in [0.4, 0.5) is 4.39 Å². The van der Waals surface area contributed by atoms with Gasteiger partial charge < -0.3 is 14.8 Å². The second-order valence-corrected chi connectivity index (χ2v) is 4.55. The molecule has 0 unspecified atom stereocenters. The number of aromatic nitrogens is 1. The number of nitrogens with one attached hydrogen (secondary N) is 1. The van der Waals surface area contributed by atoms with Crippen LogP contribution in [-0.2, 0) is 13.1 Å². The SMILES string of the molecule is Fc1ccc(CNCc2ccc3c(c2)OCCO3)nc1. The van der Waals surface area contributed by atoms with Crippen LogP contribution in [-0.4, -0.2) is 18.2 Å². The van der Waals surface area contributed by atoms with Gasteiger partial charge >= 0.3 is 0 Å². The lowest BCUT2D eigenvalue weighted by molar-refractivity contribution is 0.171. The number of nitrogens with zero attached hydrogens (tertiary/aromatic N) is 1. The van der Waals surface area contributed by atoms with E-state index >= 15 is 0 Å². The van der Waals surface area contributed by atoms with Gasteiger partial charge in [0, 0.05) is 13.1 Å². The minimum atomic E-state index is -0.319. The monoisotopic (exact) mass is 274 g/mol. The van der Waals surface area contributed by atoms with Gasteiger partial charge in [0.1, 0.15) is 19.0 Å². The Hall–Kier alpha value is -2.14. The number of pyridine rings is 1. The number of hydrogen-bond acceptors (Lipinski definition) is 4. The van der Waals surface area contributed by atoms with Crippen LogP contribution in [0.5, 0.6) is 11.5 Å². The van der Waals surface area contributed by atoms with Crippen molar-refractivity contribution in [1.82, 2.24) is 10.3 Å². The fraction of sp³-hybridized carbons (Fsp3) is 0.267. The summed E-state index contributed by atoms with van der Waals surface area (Å²) < 4.78 is 23.7. The first kappa shape index (κ1) is 12.9. The van der Waals surface area contributed by atoms with Crippen molar-refractivity contribution < 1.29 is 13.9 Å². The molecule has 0 aliphatic carbocycles. The minimum Gasteiger partial charge on any atom is -0.486 e. The lowest BCUT2D eigenvalue weighted by Gasteiger charge is -2.18. The molecule has 1 aliphatic rings. The highest BCUT2D eigenvalue weighted by Gasteiger charge is 2.11. The second-order valence-electron chi connectivity index (χ2n) is 4.55. The number of fused-ring (bicyclic) bond motifs is 1. The van der Waals surface area contributed by atoms with Crippen molar-refractivity contribution in [3.05, 3.63) is 53.6 Å². The number of halogens is 1. The smallest absolute Gasteiger partial charge is 0.161 e. The van der Waals surface area contributed by atoms with Crippen LogP contribution >= 0.6 is 0 Å². The first-order valence-electron chi connectivity index (χ1n) is 6.51. The summed E-state index contributed by atoms with van der Waals surface area (Å²) in [5.74, 6) is 1.26. The maximum absolute atomic E-state index is 12.7. The molecule has 104 valence electrons. The molecule has 0 spiro atoms. The van der Waals surface area contributed by atoms with E-state index in [1.165, 1.54) is 12.3 Å². The third-order valence-electron chi connectivity index (χ3n) is 3.03. The Labute approximate surface area is 116 Å². The molecule has 0 fully saturated rings. The van der Waals surface area contributed by atoms with Crippen molar-refractivity contribution in [3.63, 3.8) is 0 Å². The van der Waals surface area contributed by atoms with E-state index in [9.17, 15) is 4.39 Å². The normalized spacial score (nSPS) is 13.2. The van der Waals surface area contributed by atoms with E-state index in [0.717, 1.165) is 22.8 Å². The Kier molecular flexibility index (Phi) is 3.78. The molecule has 0 amide bonds. The average Bonchev–Trinajstić information content (AvgIpc) is 2.49. The summed E-state index contributed by atoms with van der Waals surface area (Å²) in [5, 5.41) is 3.26. The highest BCUT2D eigenvalue weighted by Crippen LogP contribution is 2.30. The Morgan fingerprint density at radius 1 is 1.05 bits per heavy atom. The first-order valence-corrected chi connectivity index (χ1v) is 6.51. The summed E-state index contributed by atoms with van der Waals surface area (Å²) >= 11 is 0. The van der Waals surface area contributed by atoms with E-state index in [1.54, 1.807) is 6.07 Å². The maximum Gasteiger partial charge on any atom is 0.161 e. The highest BCUT2D eigenvalue weighted by atomic mass is 19.1. The lowest BCUT2D eigenvalue weighted by atomic mass is 10.2. The number of benzene rings is 1. The Balaban J connectivity index is 1.57. The maximum atomic E-state index is 12.7. The Bertz CT molecular complexity index is 587. The summed E-state index contributed by atoms with van der Waals surface area (Å²) in [6.07, 6.45) is 1.22. The van der Waals surface area contributed by atoms with Crippen molar-refractivity contribution >= 4 is 0 Å². The number of rotatable bonds is 4. The van der Waals surface area contributed by atoms with Gasteiger partial charge in [-0.25, -0.2) is 4.39 Å². The molecular formula is C15H15FN2O2. The van der Waals surface area contributed by atoms with E-state index in [1.807, 2.05) is 18.2 Å². The van der Waals surface area contributed by atoms with E-state index in [2.05, 4.69) is 10.3 Å². The number of hydrogen-bond donors (Lipinski definition) is 1. The topological polar surface area (TPSA) is 43.4 Å². The Morgan fingerprint density at radius 3 is 2.70 bits per heavy atom. The molecule has 3 rings (SSSR count). The zero-order valence-electron chi connectivity index (χ0n) is 10.9. The van der Waals surface area contributed by atoms with Crippen LogP contribution in [0.1, 0.15) is 11.3 Å². The minimum absolute atomic E-state index is 0.319. The molecule has 1 aromatic carbocycles. The van der Waals surface area contributed by atoms with E-state index < -0.39 is 0 Å². The van der Waals surface area contributed by atoms with E-state index in [4.69, 9.17) is 9.47 Å². The molecule has 4 nitrogen and oxygen atoms in total. The molecule has 0 radical (unpaired) electrons. The molecule has 1 N–H and O–H groups in total. The quantitative estimate of drug-likeness (QED) is 0.929. The molecule has 20 heavy (non-hydrogen) atoms. The second kappa shape index (κ2) is 5.88. The predicted octanol–water partition coefficient (Wildman–Crippen LogP) is 2.28. The van der Waals surface area contributed by atoms with Crippen molar-refractivity contribution in [2.45, 2.75) is 13.1 Å². The molecule has 0 saturated carbocycles. The van der Waals surface area contributed by atoms with Gasteiger partial charge in [0.2, 0.25) is 0 Å². The van der Waals surface area contributed by atoms with Gasteiger partial charge in [-0.15, -0.1) is 0 Å². The van der Waals surface area contributed by atoms with Crippen molar-refractivity contribution in [2.24, 2.45) is 0 Å². The summed E-state index contributed by atoms with van der Waals surface area (Å²) in [4.78, 5) is 4.00. The van der Waals surface area contributed by atoms with Gasteiger partial charge in [-0.3, -0.25) is 4.98 Å². The van der Waals surface area contributed by atoms with Gasteiger partial charge in [0.25, 0.3) is 0 Å². The van der Waals surface area contributed by atoms with Crippen LogP contribution in [0.25, 0.3) is 0 Å². The van der Waals surface area contributed by atoms with Crippen LogP contribution in [0.15, 0.2) is 36.5 Å². The van der Waals surface area contributed by atoms with Crippen LogP contribution in [0.3, 0.4) is 0 Å². The molecule has 2 aromatic rings. The molecule has 0 atom stereocenters.